The molecule has 0 aromatic carbocycles. The molecule has 1 aliphatic rings. The van der Waals surface area contributed by atoms with E-state index in [1.807, 2.05) is 0 Å². The molecule has 0 amide bonds. The van der Waals surface area contributed by atoms with Crippen molar-refractivity contribution in [1.29, 1.82) is 0 Å². The van der Waals surface area contributed by atoms with Crippen LogP contribution in [-0.2, 0) is 9.53 Å². The second-order valence-electron chi connectivity index (χ2n) is 2.27. The van der Waals surface area contributed by atoms with Crippen LogP contribution in [0.2, 0.25) is 0 Å². The predicted octanol–water partition coefficient (Wildman–Crippen LogP) is 0.240. The summed E-state index contributed by atoms with van der Waals surface area (Å²) in [4.78, 5) is 10.7. The molecule has 0 saturated carbocycles. The molecule has 1 unspecified atom stereocenters. The summed E-state index contributed by atoms with van der Waals surface area (Å²) < 4.78 is 4.76. The highest BCUT2D eigenvalue weighted by Gasteiger charge is 2.19. The summed E-state index contributed by atoms with van der Waals surface area (Å²) in [5.41, 5.74) is 0. The van der Waals surface area contributed by atoms with Gasteiger partial charge in [0.05, 0.1) is 7.11 Å². The third-order valence-electron chi connectivity index (χ3n) is 1.53. The fourth-order valence-corrected chi connectivity index (χ4v) is 0.943. The third kappa shape index (κ3) is 1.36. The Bertz CT molecular complexity index is 172. The van der Waals surface area contributed by atoms with E-state index >= 15 is 0 Å². The normalized spacial score (nSPS) is 26.0. The van der Waals surface area contributed by atoms with Crippen molar-refractivity contribution < 1.29 is 14.6 Å². The van der Waals surface area contributed by atoms with Gasteiger partial charge in [-0.3, -0.25) is 4.79 Å². The Kier molecular flexibility index (Phi) is 2.06. The minimum atomic E-state index is -0.581. The Morgan fingerprint density at radius 3 is 3.00 bits per heavy atom. The number of allylic oxidation sites excluding steroid dienone is 1. The summed E-state index contributed by atoms with van der Waals surface area (Å²) in [6.07, 6.45) is 1.68. The standard InChI is InChI=1S/C7H10O3/c1-10-7-4-5(8)2-3-6(7)9/h4,6,9H,2-3H2,1H3. The molecule has 0 aromatic heterocycles. The van der Waals surface area contributed by atoms with Crippen LogP contribution in [0.4, 0.5) is 0 Å². The average Bonchev–Trinajstić information content (AvgIpc) is 1.94. The van der Waals surface area contributed by atoms with Crippen LogP contribution in [0.5, 0.6) is 0 Å². The van der Waals surface area contributed by atoms with E-state index in [-0.39, 0.29) is 5.78 Å². The lowest BCUT2D eigenvalue weighted by Gasteiger charge is -2.16. The smallest absolute Gasteiger partial charge is 0.159 e. The number of methoxy groups -OCH3 is 1. The van der Waals surface area contributed by atoms with Crippen LogP contribution in [0, 0.1) is 0 Å². The zero-order valence-electron chi connectivity index (χ0n) is 5.83. The molecular formula is C7H10O3. The van der Waals surface area contributed by atoms with Gasteiger partial charge in [-0.2, -0.15) is 0 Å². The van der Waals surface area contributed by atoms with E-state index in [4.69, 9.17) is 9.84 Å². The van der Waals surface area contributed by atoms with Gasteiger partial charge in [-0.25, -0.2) is 0 Å². The lowest BCUT2D eigenvalue weighted by molar-refractivity contribution is -0.116. The second-order valence-corrected chi connectivity index (χ2v) is 2.27. The highest BCUT2D eigenvalue weighted by Crippen LogP contribution is 2.15. The molecule has 0 saturated heterocycles. The van der Waals surface area contributed by atoms with Crippen molar-refractivity contribution >= 4 is 5.78 Å². The molecule has 1 rings (SSSR count). The number of ether oxygens (including phenoxy) is 1. The highest BCUT2D eigenvalue weighted by atomic mass is 16.5. The van der Waals surface area contributed by atoms with Crippen molar-refractivity contribution in [1.82, 2.24) is 0 Å². The van der Waals surface area contributed by atoms with Crippen molar-refractivity contribution in [3.05, 3.63) is 11.8 Å². The zero-order valence-corrected chi connectivity index (χ0v) is 5.83. The average molecular weight is 142 g/mol. The fraction of sp³-hybridized carbons (Fsp3) is 0.571. The van der Waals surface area contributed by atoms with Crippen LogP contribution in [0.1, 0.15) is 12.8 Å². The Morgan fingerprint density at radius 2 is 2.50 bits per heavy atom. The number of aliphatic hydroxyl groups excluding tert-OH is 1. The van der Waals surface area contributed by atoms with Gasteiger partial charge in [-0.05, 0) is 6.42 Å². The van der Waals surface area contributed by atoms with Crippen LogP contribution in [0.25, 0.3) is 0 Å². The van der Waals surface area contributed by atoms with Crippen LogP contribution >= 0.6 is 0 Å². The van der Waals surface area contributed by atoms with Gasteiger partial charge < -0.3 is 9.84 Å². The molecule has 0 spiro atoms. The molecular weight excluding hydrogens is 132 g/mol. The summed E-state index contributed by atoms with van der Waals surface area (Å²) in [5, 5.41) is 9.14. The number of hydrogen-bond acceptors (Lipinski definition) is 3. The quantitative estimate of drug-likeness (QED) is 0.570. The van der Waals surface area contributed by atoms with Gasteiger partial charge >= 0.3 is 0 Å². The van der Waals surface area contributed by atoms with Gasteiger partial charge in [0.25, 0.3) is 0 Å². The fourth-order valence-electron chi connectivity index (χ4n) is 0.943. The van der Waals surface area contributed by atoms with E-state index in [0.717, 1.165) is 0 Å². The van der Waals surface area contributed by atoms with Crippen LogP contribution in [0.15, 0.2) is 11.8 Å². The molecule has 0 heterocycles. The second kappa shape index (κ2) is 2.84. The SMILES string of the molecule is COC1=CC(=O)CCC1O. The van der Waals surface area contributed by atoms with Gasteiger partial charge in [0, 0.05) is 12.5 Å². The van der Waals surface area contributed by atoms with Crippen molar-refractivity contribution in [3.8, 4) is 0 Å². The molecule has 0 aliphatic heterocycles. The van der Waals surface area contributed by atoms with Crippen LogP contribution in [-0.4, -0.2) is 24.1 Å². The molecule has 3 nitrogen and oxygen atoms in total. The van der Waals surface area contributed by atoms with Crippen LogP contribution < -0.4 is 0 Å². The predicted molar refractivity (Wildman–Crippen MR) is 35.3 cm³/mol. The topological polar surface area (TPSA) is 46.5 Å². The lowest BCUT2D eigenvalue weighted by atomic mass is 10.0. The number of hydrogen-bond donors (Lipinski definition) is 1. The lowest BCUT2D eigenvalue weighted by Crippen LogP contribution is -2.19. The van der Waals surface area contributed by atoms with Crippen molar-refractivity contribution in [2.45, 2.75) is 18.9 Å². The van der Waals surface area contributed by atoms with E-state index in [0.29, 0.717) is 18.6 Å². The minimum Gasteiger partial charge on any atom is -0.498 e. The Hall–Kier alpha value is -0.830. The summed E-state index contributed by atoms with van der Waals surface area (Å²) in [6.45, 7) is 0. The van der Waals surface area contributed by atoms with Gasteiger partial charge in [0.1, 0.15) is 11.9 Å². The van der Waals surface area contributed by atoms with E-state index < -0.39 is 6.10 Å². The maximum Gasteiger partial charge on any atom is 0.159 e. The molecule has 0 bridgehead atoms. The zero-order chi connectivity index (χ0) is 7.56. The number of ketones is 1. The Labute approximate surface area is 59.3 Å². The maximum atomic E-state index is 10.7. The first-order valence-corrected chi connectivity index (χ1v) is 3.20. The third-order valence-corrected chi connectivity index (χ3v) is 1.53. The summed E-state index contributed by atoms with van der Waals surface area (Å²) in [7, 11) is 1.45. The monoisotopic (exact) mass is 142 g/mol. The maximum absolute atomic E-state index is 10.7. The number of rotatable bonds is 1. The van der Waals surface area contributed by atoms with E-state index in [1.54, 1.807) is 0 Å². The van der Waals surface area contributed by atoms with Gasteiger partial charge in [0.15, 0.2) is 5.78 Å². The molecule has 0 radical (unpaired) electrons. The molecule has 1 aliphatic carbocycles. The molecule has 10 heavy (non-hydrogen) atoms. The molecule has 1 atom stereocenters. The first-order valence-electron chi connectivity index (χ1n) is 3.20. The largest absolute Gasteiger partial charge is 0.498 e. The molecule has 0 fully saturated rings. The summed E-state index contributed by atoms with van der Waals surface area (Å²) in [5.74, 6) is 0.415. The van der Waals surface area contributed by atoms with Crippen molar-refractivity contribution in [2.24, 2.45) is 0 Å². The van der Waals surface area contributed by atoms with Gasteiger partial charge in [-0.1, -0.05) is 0 Å². The van der Waals surface area contributed by atoms with Crippen molar-refractivity contribution in [2.75, 3.05) is 7.11 Å². The summed E-state index contributed by atoms with van der Waals surface area (Å²) >= 11 is 0. The highest BCUT2D eigenvalue weighted by molar-refractivity contribution is 5.91. The van der Waals surface area contributed by atoms with Crippen molar-refractivity contribution in [3.63, 3.8) is 0 Å². The Balaban J connectivity index is 2.71. The van der Waals surface area contributed by atoms with Gasteiger partial charge in [0.2, 0.25) is 0 Å². The van der Waals surface area contributed by atoms with Gasteiger partial charge in [-0.15, -0.1) is 0 Å². The Morgan fingerprint density at radius 1 is 1.80 bits per heavy atom. The molecule has 1 N–H and O–H groups in total. The minimum absolute atomic E-state index is 0.0298. The number of carbonyl (C=O) groups excluding carboxylic acids is 1. The van der Waals surface area contributed by atoms with Crippen LogP contribution in [0.3, 0.4) is 0 Å². The number of aliphatic hydroxyl groups is 1. The molecule has 3 heteroatoms. The molecule has 56 valence electrons. The van der Waals surface area contributed by atoms with E-state index in [2.05, 4.69) is 0 Å². The first-order chi connectivity index (χ1) is 4.74. The summed E-state index contributed by atoms with van der Waals surface area (Å²) in [6, 6.07) is 0. The van der Waals surface area contributed by atoms with E-state index in [1.165, 1.54) is 13.2 Å². The van der Waals surface area contributed by atoms with E-state index in [9.17, 15) is 4.79 Å². The first kappa shape index (κ1) is 7.28. The number of carbonyl (C=O) groups is 1. The molecule has 0 aromatic rings.